The third-order valence-electron chi connectivity index (χ3n) is 2.97. The molecule has 0 spiro atoms. The zero-order valence-corrected chi connectivity index (χ0v) is 9.45. The Kier molecular flexibility index (Phi) is 4.23. The van der Waals surface area contributed by atoms with Crippen molar-refractivity contribution in [2.24, 2.45) is 5.92 Å². The van der Waals surface area contributed by atoms with E-state index in [1.165, 1.54) is 0 Å². The van der Waals surface area contributed by atoms with E-state index >= 15 is 0 Å². The molecule has 0 aromatic heterocycles. The van der Waals surface area contributed by atoms with Gasteiger partial charge in [-0.1, -0.05) is 20.3 Å². The monoisotopic (exact) mass is 199 g/mol. The highest BCUT2D eigenvalue weighted by molar-refractivity contribution is 5.68. The third-order valence-corrected chi connectivity index (χ3v) is 2.97. The predicted molar refractivity (Wildman–Crippen MR) is 56.2 cm³/mol. The standard InChI is InChI=1S/C11H21NO2/c1-4-6-10-9(3)7-8-12(10)11(13)14-5-2/h9-10H,4-8H2,1-3H3/t9-,10-/m0/s1. The Morgan fingerprint density at radius 1 is 1.50 bits per heavy atom. The second-order valence-corrected chi connectivity index (χ2v) is 4.01. The molecule has 0 unspecified atom stereocenters. The number of nitrogens with zero attached hydrogens (tertiary/aromatic N) is 1. The van der Waals surface area contributed by atoms with Crippen LogP contribution < -0.4 is 0 Å². The zero-order chi connectivity index (χ0) is 10.6. The predicted octanol–water partition coefficient (Wildman–Crippen LogP) is 2.65. The van der Waals surface area contributed by atoms with E-state index in [4.69, 9.17) is 4.74 Å². The molecule has 0 aromatic rings. The minimum atomic E-state index is -0.129. The smallest absolute Gasteiger partial charge is 0.410 e. The lowest BCUT2D eigenvalue weighted by molar-refractivity contribution is 0.0974. The van der Waals surface area contributed by atoms with Gasteiger partial charge in [0.15, 0.2) is 0 Å². The Balaban J connectivity index is 2.54. The molecule has 0 bridgehead atoms. The highest BCUT2D eigenvalue weighted by Crippen LogP contribution is 2.27. The van der Waals surface area contributed by atoms with E-state index < -0.39 is 0 Å². The van der Waals surface area contributed by atoms with Gasteiger partial charge in [-0.2, -0.15) is 0 Å². The summed E-state index contributed by atoms with van der Waals surface area (Å²) in [5.41, 5.74) is 0. The molecule has 1 saturated heterocycles. The molecule has 0 saturated carbocycles. The molecule has 0 N–H and O–H groups in total. The summed E-state index contributed by atoms with van der Waals surface area (Å²) >= 11 is 0. The number of hydrogen-bond donors (Lipinski definition) is 0. The third kappa shape index (κ3) is 2.40. The number of hydrogen-bond acceptors (Lipinski definition) is 2. The van der Waals surface area contributed by atoms with Crippen LogP contribution in [0.2, 0.25) is 0 Å². The van der Waals surface area contributed by atoms with Crippen molar-refractivity contribution in [1.29, 1.82) is 0 Å². The fourth-order valence-electron chi connectivity index (χ4n) is 2.18. The number of rotatable bonds is 3. The number of carbonyl (C=O) groups is 1. The molecule has 0 aliphatic carbocycles. The van der Waals surface area contributed by atoms with Gasteiger partial charge >= 0.3 is 6.09 Å². The second kappa shape index (κ2) is 5.23. The summed E-state index contributed by atoms with van der Waals surface area (Å²) in [5, 5.41) is 0. The summed E-state index contributed by atoms with van der Waals surface area (Å²) in [6, 6.07) is 0.402. The Morgan fingerprint density at radius 3 is 2.79 bits per heavy atom. The number of carbonyl (C=O) groups excluding carboxylic acids is 1. The molecule has 1 aliphatic heterocycles. The summed E-state index contributed by atoms with van der Waals surface area (Å²) in [6.45, 7) is 7.58. The first-order valence-corrected chi connectivity index (χ1v) is 5.64. The fourth-order valence-corrected chi connectivity index (χ4v) is 2.18. The van der Waals surface area contributed by atoms with Crippen LogP contribution in [0, 0.1) is 5.92 Å². The van der Waals surface area contributed by atoms with Gasteiger partial charge in [0.1, 0.15) is 0 Å². The van der Waals surface area contributed by atoms with Gasteiger partial charge in [0.25, 0.3) is 0 Å². The van der Waals surface area contributed by atoms with E-state index in [0.717, 1.165) is 25.8 Å². The van der Waals surface area contributed by atoms with Crippen molar-refractivity contribution in [3.63, 3.8) is 0 Å². The van der Waals surface area contributed by atoms with E-state index in [2.05, 4.69) is 13.8 Å². The van der Waals surface area contributed by atoms with Gasteiger partial charge in [-0.15, -0.1) is 0 Å². The Morgan fingerprint density at radius 2 is 2.21 bits per heavy atom. The number of likely N-dealkylation sites (tertiary alicyclic amines) is 1. The largest absolute Gasteiger partial charge is 0.450 e. The maximum atomic E-state index is 11.6. The Hall–Kier alpha value is -0.730. The molecule has 3 heteroatoms. The second-order valence-electron chi connectivity index (χ2n) is 4.01. The summed E-state index contributed by atoms with van der Waals surface area (Å²) in [7, 11) is 0. The fraction of sp³-hybridized carbons (Fsp3) is 0.909. The highest BCUT2D eigenvalue weighted by atomic mass is 16.6. The molecule has 1 aliphatic rings. The highest BCUT2D eigenvalue weighted by Gasteiger charge is 2.34. The van der Waals surface area contributed by atoms with Crippen molar-refractivity contribution in [3.8, 4) is 0 Å². The maximum absolute atomic E-state index is 11.6. The minimum absolute atomic E-state index is 0.129. The van der Waals surface area contributed by atoms with Crippen LogP contribution >= 0.6 is 0 Å². The molecule has 2 atom stereocenters. The molecule has 0 aromatic carbocycles. The minimum Gasteiger partial charge on any atom is -0.450 e. The lowest BCUT2D eigenvalue weighted by Crippen LogP contribution is -2.37. The van der Waals surface area contributed by atoms with Crippen LogP contribution in [0.25, 0.3) is 0 Å². The summed E-state index contributed by atoms with van der Waals surface area (Å²) in [4.78, 5) is 13.5. The molecule has 1 heterocycles. The van der Waals surface area contributed by atoms with Gasteiger partial charge in [0.2, 0.25) is 0 Å². The maximum Gasteiger partial charge on any atom is 0.410 e. The Bertz CT molecular complexity index is 194. The van der Waals surface area contributed by atoms with Crippen LogP contribution in [-0.2, 0) is 4.74 Å². The van der Waals surface area contributed by atoms with Crippen LogP contribution in [0.5, 0.6) is 0 Å². The van der Waals surface area contributed by atoms with Crippen molar-refractivity contribution in [2.45, 2.75) is 46.1 Å². The summed E-state index contributed by atoms with van der Waals surface area (Å²) in [6.07, 6.45) is 3.21. The van der Waals surface area contributed by atoms with Crippen LogP contribution in [0.4, 0.5) is 4.79 Å². The van der Waals surface area contributed by atoms with E-state index in [1.807, 2.05) is 11.8 Å². The lowest BCUT2D eigenvalue weighted by Gasteiger charge is -2.25. The van der Waals surface area contributed by atoms with Crippen LogP contribution in [-0.4, -0.2) is 30.2 Å². The van der Waals surface area contributed by atoms with E-state index in [1.54, 1.807) is 0 Å². The molecular formula is C11H21NO2. The first kappa shape index (κ1) is 11.3. The molecular weight excluding hydrogens is 178 g/mol. The quantitative estimate of drug-likeness (QED) is 0.699. The van der Waals surface area contributed by atoms with Crippen molar-refractivity contribution >= 4 is 6.09 Å². The summed E-state index contributed by atoms with van der Waals surface area (Å²) in [5.74, 6) is 0.624. The first-order chi connectivity index (χ1) is 6.70. The van der Waals surface area contributed by atoms with Crippen molar-refractivity contribution in [1.82, 2.24) is 4.90 Å². The number of ether oxygens (including phenoxy) is 1. The van der Waals surface area contributed by atoms with Crippen molar-refractivity contribution in [2.75, 3.05) is 13.2 Å². The molecule has 82 valence electrons. The van der Waals surface area contributed by atoms with Gasteiger partial charge in [0, 0.05) is 12.6 Å². The van der Waals surface area contributed by atoms with Gasteiger partial charge in [-0.25, -0.2) is 4.79 Å². The zero-order valence-electron chi connectivity index (χ0n) is 9.45. The average molecular weight is 199 g/mol. The van der Waals surface area contributed by atoms with Gasteiger partial charge in [0.05, 0.1) is 6.61 Å². The van der Waals surface area contributed by atoms with Crippen LogP contribution in [0.15, 0.2) is 0 Å². The van der Waals surface area contributed by atoms with E-state index in [-0.39, 0.29) is 6.09 Å². The molecule has 3 nitrogen and oxygen atoms in total. The SMILES string of the molecule is CCC[C@H]1[C@@H](C)CCN1C(=O)OCC. The topological polar surface area (TPSA) is 29.5 Å². The van der Waals surface area contributed by atoms with Crippen molar-refractivity contribution in [3.05, 3.63) is 0 Å². The molecule has 1 fully saturated rings. The van der Waals surface area contributed by atoms with Crippen LogP contribution in [0.3, 0.4) is 0 Å². The first-order valence-electron chi connectivity index (χ1n) is 5.64. The molecule has 1 amide bonds. The van der Waals surface area contributed by atoms with E-state index in [9.17, 15) is 4.79 Å². The van der Waals surface area contributed by atoms with Gasteiger partial charge in [-0.05, 0) is 25.7 Å². The molecule has 14 heavy (non-hydrogen) atoms. The van der Waals surface area contributed by atoms with E-state index in [0.29, 0.717) is 18.6 Å². The Labute approximate surface area is 86.4 Å². The average Bonchev–Trinajstić information content (AvgIpc) is 2.50. The van der Waals surface area contributed by atoms with Gasteiger partial charge < -0.3 is 9.64 Å². The lowest BCUT2D eigenvalue weighted by atomic mass is 9.99. The van der Waals surface area contributed by atoms with Crippen molar-refractivity contribution < 1.29 is 9.53 Å². The normalized spacial score (nSPS) is 26.6. The van der Waals surface area contributed by atoms with Crippen LogP contribution in [0.1, 0.15) is 40.0 Å². The summed E-state index contributed by atoms with van der Waals surface area (Å²) < 4.78 is 5.04. The number of amides is 1. The molecule has 1 rings (SSSR count). The molecule has 0 radical (unpaired) electrons. The van der Waals surface area contributed by atoms with Gasteiger partial charge in [-0.3, -0.25) is 0 Å².